The van der Waals surface area contributed by atoms with Gasteiger partial charge in [0.2, 0.25) is 10.0 Å². The molecule has 1 unspecified atom stereocenters. The summed E-state index contributed by atoms with van der Waals surface area (Å²) in [4.78, 5) is 0.390. The van der Waals surface area contributed by atoms with Crippen molar-refractivity contribution >= 4 is 22.4 Å². The Labute approximate surface area is 152 Å². The van der Waals surface area contributed by atoms with E-state index in [-0.39, 0.29) is 12.4 Å². The molecule has 3 rings (SSSR count). The fourth-order valence-electron chi connectivity index (χ4n) is 3.76. The molecule has 4 nitrogen and oxygen atoms in total. The van der Waals surface area contributed by atoms with Gasteiger partial charge >= 0.3 is 0 Å². The summed E-state index contributed by atoms with van der Waals surface area (Å²) in [7, 11) is -3.38. The normalized spacial score (nSPS) is 22.8. The van der Waals surface area contributed by atoms with Gasteiger partial charge in [0.15, 0.2) is 0 Å². The van der Waals surface area contributed by atoms with Crippen LogP contribution in [0.2, 0.25) is 0 Å². The molecule has 6 heteroatoms. The van der Waals surface area contributed by atoms with Gasteiger partial charge in [-0.05, 0) is 68.3 Å². The van der Waals surface area contributed by atoms with Gasteiger partial charge in [0.05, 0.1) is 4.90 Å². The zero-order valence-corrected chi connectivity index (χ0v) is 15.8. The van der Waals surface area contributed by atoms with Gasteiger partial charge < -0.3 is 5.32 Å². The largest absolute Gasteiger partial charge is 0.316 e. The summed E-state index contributed by atoms with van der Waals surface area (Å²) in [6.07, 6.45) is 8.61. The average Bonchev–Trinajstić information content (AvgIpc) is 2.62. The number of benzene rings is 1. The third-order valence-electron chi connectivity index (χ3n) is 5.23. The second-order valence-corrected chi connectivity index (χ2v) is 8.74. The molecule has 2 N–H and O–H groups in total. The standard InChI is InChI=1S/C18H28N2O2S.ClH/c21-23(22,20-14-15-5-4-12-19-13-15)18-10-8-17(9-11-18)16-6-2-1-3-7-16;/h8-11,15-16,19-20H,1-7,12-14H2;1H. The van der Waals surface area contributed by atoms with E-state index in [0.717, 1.165) is 25.9 Å². The summed E-state index contributed by atoms with van der Waals surface area (Å²) in [5, 5.41) is 3.32. The maximum atomic E-state index is 12.4. The first-order valence-electron chi connectivity index (χ1n) is 8.95. The van der Waals surface area contributed by atoms with Crippen LogP contribution >= 0.6 is 12.4 Å². The van der Waals surface area contributed by atoms with E-state index in [1.807, 2.05) is 12.1 Å². The lowest BCUT2D eigenvalue weighted by Gasteiger charge is -2.23. The molecule has 24 heavy (non-hydrogen) atoms. The van der Waals surface area contributed by atoms with Crippen LogP contribution in [-0.4, -0.2) is 28.1 Å². The average molecular weight is 373 g/mol. The minimum absolute atomic E-state index is 0. The minimum atomic E-state index is -3.38. The van der Waals surface area contributed by atoms with E-state index in [4.69, 9.17) is 0 Å². The molecule has 0 amide bonds. The smallest absolute Gasteiger partial charge is 0.240 e. The molecule has 0 aromatic heterocycles. The molecule has 1 aliphatic carbocycles. The van der Waals surface area contributed by atoms with E-state index in [1.165, 1.54) is 37.7 Å². The van der Waals surface area contributed by atoms with E-state index in [0.29, 0.717) is 23.3 Å². The first kappa shape index (κ1) is 19.7. The number of nitrogens with one attached hydrogen (secondary N) is 2. The fraction of sp³-hybridized carbons (Fsp3) is 0.667. The van der Waals surface area contributed by atoms with Gasteiger partial charge in [0.25, 0.3) is 0 Å². The van der Waals surface area contributed by atoms with Crippen LogP contribution in [-0.2, 0) is 10.0 Å². The number of sulfonamides is 1. The van der Waals surface area contributed by atoms with Crippen molar-refractivity contribution < 1.29 is 8.42 Å². The molecule has 0 spiro atoms. The van der Waals surface area contributed by atoms with Crippen molar-refractivity contribution in [3.05, 3.63) is 29.8 Å². The molecule has 1 aromatic rings. The zero-order chi connectivity index (χ0) is 16.1. The number of halogens is 1. The van der Waals surface area contributed by atoms with Crippen molar-refractivity contribution in [3.63, 3.8) is 0 Å². The van der Waals surface area contributed by atoms with Crippen LogP contribution in [0.25, 0.3) is 0 Å². The van der Waals surface area contributed by atoms with Crippen molar-refractivity contribution in [1.29, 1.82) is 0 Å². The van der Waals surface area contributed by atoms with Crippen molar-refractivity contribution in [3.8, 4) is 0 Å². The van der Waals surface area contributed by atoms with Crippen LogP contribution in [0.5, 0.6) is 0 Å². The second kappa shape index (κ2) is 9.18. The third kappa shape index (κ3) is 5.19. The molecule has 1 heterocycles. The van der Waals surface area contributed by atoms with E-state index in [1.54, 1.807) is 12.1 Å². The quantitative estimate of drug-likeness (QED) is 0.832. The Morgan fingerprint density at radius 2 is 1.71 bits per heavy atom. The van der Waals surface area contributed by atoms with E-state index < -0.39 is 10.0 Å². The Balaban J connectivity index is 0.00000208. The van der Waals surface area contributed by atoms with E-state index in [2.05, 4.69) is 10.0 Å². The van der Waals surface area contributed by atoms with Crippen LogP contribution in [0.1, 0.15) is 56.4 Å². The maximum Gasteiger partial charge on any atom is 0.240 e. The molecule has 1 atom stereocenters. The Bertz CT molecular complexity index is 592. The molecule has 2 fully saturated rings. The SMILES string of the molecule is Cl.O=S(=O)(NCC1CCCNC1)c1ccc(C2CCCCC2)cc1. The first-order valence-corrected chi connectivity index (χ1v) is 10.4. The summed E-state index contributed by atoms with van der Waals surface area (Å²) in [6, 6.07) is 7.55. The molecule has 1 saturated carbocycles. The first-order chi connectivity index (χ1) is 11.1. The molecule has 1 aromatic carbocycles. The summed E-state index contributed by atoms with van der Waals surface area (Å²) in [5.41, 5.74) is 1.29. The number of rotatable bonds is 5. The summed E-state index contributed by atoms with van der Waals surface area (Å²) < 4.78 is 27.6. The van der Waals surface area contributed by atoms with Crippen molar-refractivity contribution in [2.24, 2.45) is 5.92 Å². The summed E-state index contributed by atoms with van der Waals surface area (Å²) in [5.74, 6) is 1.02. The molecular weight excluding hydrogens is 344 g/mol. The number of hydrogen-bond donors (Lipinski definition) is 2. The zero-order valence-electron chi connectivity index (χ0n) is 14.2. The summed E-state index contributed by atoms with van der Waals surface area (Å²) >= 11 is 0. The highest BCUT2D eigenvalue weighted by atomic mass is 35.5. The Hall–Kier alpha value is -0.620. The van der Waals surface area contributed by atoms with Crippen LogP contribution in [0, 0.1) is 5.92 Å². The lowest BCUT2D eigenvalue weighted by molar-refractivity contribution is 0.376. The van der Waals surface area contributed by atoms with Crippen LogP contribution in [0.4, 0.5) is 0 Å². The maximum absolute atomic E-state index is 12.4. The van der Waals surface area contributed by atoms with Crippen LogP contribution in [0.3, 0.4) is 0 Å². The lowest BCUT2D eigenvalue weighted by atomic mass is 9.84. The number of piperidine rings is 1. The van der Waals surface area contributed by atoms with E-state index in [9.17, 15) is 8.42 Å². The molecule has 0 bridgehead atoms. The fourth-order valence-corrected chi connectivity index (χ4v) is 4.88. The van der Waals surface area contributed by atoms with Crippen molar-refractivity contribution in [1.82, 2.24) is 10.0 Å². The van der Waals surface area contributed by atoms with Crippen molar-refractivity contribution in [2.75, 3.05) is 19.6 Å². The van der Waals surface area contributed by atoms with E-state index >= 15 is 0 Å². The van der Waals surface area contributed by atoms with Gasteiger partial charge in [-0.1, -0.05) is 31.4 Å². The predicted octanol–water partition coefficient (Wildman–Crippen LogP) is 3.43. The molecular formula is C18H29ClN2O2S. The van der Waals surface area contributed by atoms with Crippen LogP contribution in [0.15, 0.2) is 29.2 Å². The third-order valence-corrected chi connectivity index (χ3v) is 6.67. The molecule has 1 saturated heterocycles. The Morgan fingerprint density at radius 1 is 1.00 bits per heavy atom. The van der Waals surface area contributed by atoms with Crippen molar-refractivity contribution in [2.45, 2.75) is 55.8 Å². The minimum Gasteiger partial charge on any atom is -0.316 e. The number of hydrogen-bond acceptors (Lipinski definition) is 3. The van der Waals surface area contributed by atoms with Gasteiger partial charge in [0.1, 0.15) is 0 Å². The monoisotopic (exact) mass is 372 g/mol. The van der Waals surface area contributed by atoms with Gasteiger partial charge in [-0.25, -0.2) is 13.1 Å². The molecule has 0 radical (unpaired) electrons. The van der Waals surface area contributed by atoms with Gasteiger partial charge in [-0.2, -0.15) is 0 Å². The highest BCUT2D eigenvalue weighted by Crippen LogP contribution is 2.32. The summed E-state index contributed by atoms with van der Waals surface area (Å²) in [6.45, 7) is 2.48. The van der Waals surface area contributed by atoms with Crippen LogP contribution < -0.4 is 10.0 Å². The predicted molar refractivity (Wildman–Crippen MR) is 100 cm³/mol. The highest BCUT2D eigenvalue weighted by Gasteiger charge is 2.20. The lowest BCUT2D eigenvalue weighted by Crippen LogP contribution is -2.38. The van der Waals surface area contributed by atoms with Gasteiger partial charge in [-0.3, -0.25) is 0 Å². The molecule has 136 valence electrons. The highest BCUT2D eigenvalue weighted by molar-refractivity contribution is 7.89. The second-order valence-electron chi connectivity index (χ2n) is 6.97. The topological polar surface area (TPSA) is 58.2 Å². The molecule has 1 aliphatic heterocycles. The Morgan fingerprint density at radius 3 is 2.33 bits per heavy atom. The van der Waals surface area contributed by atoms with Gasteiger partial charge in [-0.15, -0.1) is 12.4 Å². The van der Waals surface area contributed by atoms with Gasteiger partial charge in [0, 0.05) is 6.54 Å². The Kier molecular flexibility index (Phi) is 7.54. The molecule has 2 aliphatic rings.